The highest BCUT2D eigenvalue weighted by molar-refractivity contribution is 5.28. The molecule has 0 fully saturated rings. The van der Waals surface area contributed by atoms with E-state index in [2.05, 4.69) is 24.4 Å². The van der Waals surface area contributed by atoms with Gasteiger partial charge in [0.2, 0.25) is 0 Å². The molecule has 4 heteroatoms. The van der Waals surface area contributed by atoms with Crippen LogP contribution in [0.2, 0.25) is 0 Å². The fourth-order valence-electron chi connectivity index (χ4n) is 2.06. The Morgan fingerprint density at radius 1 is 1.15 bits per heavy atom. The molecular weight excluding hydrogens is 254 g/mol. The van der Waals surface area contributed by atoms with E-state index in [9.17, 15) is 0 Å². The van der Waals surface area contributed by atoms with Crippen LogP contribution in [0.4, 0.5) is 0 Å². The van der Waals surface area contributed by atoms with Gasteiger partial charge in [0.15, 0.2) is 6.29 Å². The lowest BCUT2D eigenvalue weighted by molar-refractivity contribution is -0.133. The van der Waals surface area contributed by atoms with E-state index in [-0.39, 0.29) is 6.29 Å². The predicted molar refractivity (Wildman–Crippen MR) is 81.2 cm³/mol. The van der Waals surface area contributed by atoms with Gasteiger partial charge in [-0.2, -0.15) is 0 Å². The van der Waals surface area contributed by atoms with Crippen LogP contribution in [-0.4, -0.2) is 39.2 Å². The van der Waals surface area contributed by atoms with Crippen LogP contribution >= 0.6 is 0 Å². The Hall–Kier alpha value is -1.10. The summed E-state index contributed by atoms with van der Waals surface area (Å²) in [5, 5.41) is 3.45. The van der Waals surface area contributed by atoms with E-state index < -0.39 is 0 Å². The van der Waals surface area contributed by atoms with Crippen LogP contribution in [0.25, 0.3) is 0 Å². The molecular formula is C16H27NO3. The molecule has 0 aliphatic heterocycles. The number of benzene rings is 1. The third-order valence-corrected chi connectivity index (χ3v) is 3.01. The molecule has 0 radical (unpaired) electrons. The first-order valence-corrected chi connectivity index (χ1v) is 7.29. The fraction of sp³-hybridized carbons (Fsp3) is 0.625. The van der Waals surface area contributed by atoms with E-state index in [0.29, 0.717) is 25.8 Å². The van der Waals surface area contributed by atoms with Gasteiger partial charge in [-0.25, -0.2) is 0 Å². The molecule has 0 heterocycles. The zero-order valence-corrected chi connectivity index (χ0v) is 13.0. The molecule has 0 spiro atoms. The zero-order chi connectivity index (χ0) is 14.8. The predicted octanol–water partition coefficient (Wildman–Crippen LogP) is 2.61. The van der Waals surface area contributed by atoms with E-state index in [0.717, 1.165) is 12.2 Å². The minimum Gasteiger partial charge on any atom is -0.497 e. The lowest BCUT2D eigenvalue weighted by atomic mass is 10.1. The Morgan fingerprint density at radius 2 is 1.85 bits per heavy atom. The van der Waals surface area contributed by atoms with E-state index in [1.165, 1.54) is 5.56 Å². The summed E-state index contributed by atoms with van der Waals surface area (Å²) in [6.45, 7) is 8.14. The Bertz CT molecular complexity index is 364. The molecule has 114 valence electrons. The van der Waals surface area contributed by atoms with Gasteiger partial charge in [0.1, 0.15) is 5.75 Å². The smallest absolute Gasteiger partial charge is 0.169 e. The second kappa shape index (κ2) is 9.75. The third-order valence-electron chi connectivity index (χ3n) is 3.01. The Kier molecular flexibility index (Phi) is 8.26. The maximum absolute atomic E-state index is 5.51. The summed E-state index contributed by atoms with van der Waals surface area (Å²) in [6, 6.07) is 8.51. The maximum atomic E-state index is 5.51. The summed E-state index contributed by atoms with van der Waals surface area (Å²) in [7, 11) is 1.69. The molecule has 0 bridgehead atoms. The monoisotopic (exact) mass is 281 g/mol. The highest BCUT2D eigenvalue weighted by atomic mass is 16.7. The van der Waals surface area contributed by atoms with Crippen LogP contribution in [0.1, 0.15) is 26.3 Å². The van der Waals surface area contributed by atoms with Crippen molar-refractivity contribution in [2.75, 3.05) is 26.9 Å². The molecule has 1 atom stereocenters. The Balaban J connectivity index is 2.39. The van der Waals surface area contributed by atoms with E-state index >= 15 is 0 Å². The average molecular weight is 281 g/mol. The normalized spacial score (nSPS) is 12.7. The fourth-order valence-corrected chi connectivity index (χ4v) is 2.06. The molecule has 0 saturated heterocycles. The summed E-state index contributed by atoms with van der Waals surface area (Å²) in [5.41, 5.74) is 1.26. The van der Waals surface area contributed by atoms with Crippen LogP contribution < -0.4 is 10.1 Å². The molecule has 1 unspecified atom stereocenters. The summed E-state index contributed by atoms with van der Waals surface area (Å²) in [4.78, 5) is 0. The quantitative estimate of drug-likeness (QED) is 0.669. The van der Waals surface area contributed by atoms with Gasteiger partial charge >= 0.3 is 0 Å². The van der Waals surface area contributed by atoms with E-state index in [4.69, 9.17) is 14.2 Å². The third kappa shape index (κ3) is 6.37. The van der Waals surface area contributed by atoms with Crippen molar-refractivity contribution < 1.29 is 14.2 Å². The van der Waals surface area contributed by atoms with Crippen LogP contribution in [-0.2, 0) is 15.9 Å². The highest BCUT2D eigenvalue weighted by Crippen LogP contribution is 2.14. The first-order valence-electron chi connectivity index (χ1n) is 7.29. The average Bonchev–Trinajstić information content (AvgIpc) is 2.45. The van der Waals surface area contributed by atoms with Crippen molar-refractivity contribution in [3.8, 4) is 5.75 Å². The highest BCUT2D eigenvalue weighted by Gasteiger charge is 2.10. The van der Waals surface area contributed by atoms with Gasteiger partial charge in [-0.3, -0.25) is 0 Å². The standard InChI is InChI=1S/C16H27NO3/c1-5-19-16(20-6-2)12-17-13(3)10-14-8-7-9-15(11-14)18-4/h7-9,11,13,16-17H,5-6,10,12H2,1-4H3. The Morgan fingerprint density at radius 3 is 2.45 bits per heavy atom. The molecule has 4 nitrogen and oxygen atoms in total. The van der Waals surface area contributed by atoms with Crippen LogP contribution in [0.3, 0.4) is 0 Å². The molecule has 0 amide bonds. The Labute approximate surface area is 122 Å². The topological polar surface area (TPSA) is 39.7 Å². The molecule has 0 saturated carbocycles. The molecule has 20 heavy (non-hydrogen) atoms. The van der Waals surface area contributed by atoms with Gasteiger partial charge in [-0.1, -0.05) is 12.1 Å². The van der Waals surface area contributed by atoms with Crippen molar-refractivity contribution in [1.29, 1.82) is 0 Å². The van der Waals surface area contributed by atoms with Gasteiger partial charge in [-0.15, -0.1) is 0 Å². The summed E-state index contributed by atoms with van der Waals surface area (Å²) in [5.74, 6) is 0.899. The van der Waals surface area contributed by atoms with Gasteiger partial charge < -0.3 is 19.5 Å². The minimum absolute atomic E-state index is 0.169. The van der Waals surface area contributed by atoms with Gasteiger partial charge in [0.25, 0.3) is 0 Å². The molecule has 0 aliphatic rings. The second-order valence-corrected chi connectivity index (χ2v) is 4.71. The van der Waals surface area contributed by atoms with Gasteiger partial charge in [0.05, 0.1) is 7.11 Å². The molecule has 1 rings (SSSR count). The lowest BCUT2D eigenvalue weighted by Crippen LogP contribution is -2.37. The van der Waals surface area contributed by atoms with Crippen molar-refractivity contribution >= 4 is 0 Å². The zero-order valence-electron chi connectivity index (χ0n) is 13.0. The number of ether oxygens (including phenoxy) is 3. The number of nitrogens with one attached hydrogen (secondary N) is 1. The summed E-state index contributed by atoms with van der Waals surface area (Å²) < 4.78 is 16.3. The minimum atomic E-state index is -0.169. The summed E-state index contributed by atoms with van der Waals surface area (Å²) >= 11 is 0. The lowest BCUT2D eigenvalue weighted by Gasteiger charge is -2.20. The number of methoxy groups -OCH3 is 1. The molecule has 1 N–H and O–H groups in total. The van der Waals surface area contributed by atoms with Crippen molar-refractivity contribution in [1.82, 2.24) is 5.32 Å². The van der Waals surface area contributed by atoms with Crippen LogP contribution in [0, 0.1) is 0 Å². The van der Waals surface area contributed by atoms with Crippen molar-refractivity contribution in [3.63, 3.8) is 0 Å². The van der Waals surface area contributed by atoms with E-state index in [1.807, 2.05) is 26.0 Å². The number of hydrogen-bond donors (Lipinski definition) is 1. The van der Waals surface area contributed by atoms with Crippen molar-refractivity contribution in [3.05, 3.63) is 29.8 Å². The number of rotatable bonds is 10. The van der Waals surface area contributed by atoms with Crippen molar-refractivity contribution in [2.45, 2.75) is 39.5 Å². The second-order valence-electron chi connectivity index (χ2n) is 4.71. The van der Waals surface area contributed by atoms with Crippen LogP contribution in [0.15, 0.2) is 24.3 Å². The van der Waals surface area contributed by atoms with Crippen molar-refractivity contribution in [2.24, 2.45) is 0 Å². The first-order chi connectivity index (χ1) is 9.69. The van der Waals surface area contributed by atoms with Gasteiger partial charge in [0, 0.05) is 25.8 Å². The molecule has 0 aliphatic carbocycles. The first kappa shape index (κ1) is 17.0. The molecule has 1 aromatic rings. The summed E-state index contributed by atoms with van der Waals surface area (Å²) in [6.07, 6.45) is 0.778. The van der Waals surface area contributed by atoms with E-state index in [1.54, 1.807) is 7.11 Å². The van der Waals surface area contributed by atoms with Gasteiger partial charge in [-0.05, 0) is 44.9 Å². The van der Waals surface area contributed by atoms with Crippen LogP contribution in [0.5, 0.6) is 5.75 Å². The SMILES string of the molecule is CCOC(CNC(C)Cc1cccc(OC)c1)OCC. The molecule has 0 aromatic heterocycles. The largest absolute Gasteiger partial charge is 0.497 e. The number of hydrogen-bond acceptors (Lipinski definition) is 4. The molecule has 1 aromatic carbocycles. The maximum Gasteiger partial charge on any atom is 0.169 e.